The molecule has 0 unspecified atom stereocenters. The van der Waals surface area contributed by atoms with Crippen LogP contribution in [0.15, 0.2) is 64.8 Å². The minimum atomic E-state index is -0.550. The molecule has 24 heavy (non-hydrogen) atoms. The van der Waals surface area contributed by atoms with Crippen LogP contribution in [0.5, 0.6) is 0 Å². The van der Waals surface area contributed by atoms with Crippen molar-refractivity contribution in [3.63, 3.8) is 0 Å². The second-order valence-electron chi connectivity index (χ2n) is 6.82. The maximum absolute atomic E-state index is 12.3. The lowest BCUT2D eigenvalue weighted by Crippen LogP contribution is -2.33. The lowest BCUT2D eigenvalue weighted by molar-refractivity contribution is -0.124. The average Bonchev–Trinajstić information content (AvgIpc) is 2.54. The Morgan fingerprint density at radius 2 is 1.75 bits per heavy atom. The van der Waals surface area contributed by atoms with E-state index < -0.39 is 5.41 Å². The van der Waals surface area contributed by atoms with E-state index in [1.165, 1.54) is 0 Å². The Labute approximate surface area is 141 Å². The van der Waals surface area contributed by atoms with Crippen LogP contribution in [0.4, 0.5) is 0 Å². The fourth-order valence-corrected chi connectivity index (χ4v) is 2.44. The van der Waals surface area contributed by atoms with Gasteiger partial charge in [0.2, 0.25) is 0 Å². The van der Waals surface area contributed by atoms with Gasteiger partial charge in [-0.15, -0.1) is 0 Å². The van der Waals surface area contributed by atoms with Gasteiger partial charge < -0.3 is 0 Å². The highest BCUT2D eigenvalue weighted by atomic mass is 16.5. The quantitative estimate of drug-likeness (QED) is 0.798. The van der Waals surface area contributed by atoms with Gasteiger partial charge in [-0.05, 0) is 17.4 Å². The molecule has 1 amide bonds. The molecule has 1 heterocycles. The summed E-state index contributed by atoms with van der Waals surface area (Å²) in [5, 5.41) is 13.4. The Balaban J connectivity index is 2.15. The van der Waals surface area contributed by atoms with E-state index in [1.54, 1.807) is 12.3 Å². The van der Waals surface area contributed by atoms with Gasteiger partial charge in [0.05, 0.1) is 11.4 Å². The molecule has 1 aromatic carbocycles. The molecular weight excluding hydrogens is 300 g/mol. The van der Waals surface area contributed by atoms with Crippen molar-refractivity contribution >= 4 is 23.9 Å². The number of rotatable bonds is 0. The fourth-order valence-electron chi connectivity index (χ4n) is 2.44. The second kappa shape index (κ2) is 6.06. The number of allylic oxidation sites excluding steroid dienone is 6. The molecule has 1 aromatic rings. The molecule has 2 aliphatic rings. The zero-order chi connectivity index (χ0) is 17.3. The molecule has 0 fully saturated rings. The van der Waals surface area contributed by atoms with Gasteiger partial charge in [-0.1, -0.05) is 63.3 Å². The maximum atomic E-state index is 12.3. The molecular formula is C20H20N2O2. The predicted octanol–water partition coefficient (Wildman–Crippen LogP) is 2.30. The van der Waals surface area contributed by atoms with E-state index in [4.69, 9.17) is 0 Å². The van der Waals surface area contributed by atoms with Crippen LogP contribution >= 0.6 is 0 Å². The zero-order valence-electron chi connectivity index (χ0n) is 14.0. The minimum Gasteiger partial charge on any atom is -0.284 e. The van der Waals surface area contributed by atoms with Crippen molar-refractivity contribution in [2.45, 2.75) is 20.8 Å². The number of carbonyl (C=O) groups is 1. The summed E-state index contributed by atoms with van der Waals surface area (Å²) in [7, 11) is 0. The highest BCUT2D eigenvalue weighted by molar-refractivity contribution is 6.17. The van der Waals surface area contributed by atoms with E-state index >= 15 is 0 Å². The Bertz CT molecular complexity index is 925. The first-order chi connectivity index (χ1) is 11.4. The number of carbonyl (C=O) groups excluding carboxylic acids is 1. The number of benzene rings is 1. The van der Waals surface area contributed by atoms with Crippen molar-refractivity contribution in [2.24, 2.45) is 10.4 Å². The normalized spacial score (nSPS) is 21.3. The largest absolute Gasteiger partial charge is 0.284 e. The molecule has 1 N–H and O–H groups in total. The van der Waals surface area contributed by atoms with Crippen LogP contribution in [-0.2, 0) is 4.79 Å². The van der Waals surface area contributed by atoms with Crippen LogP contribution in [0.1, 0.15) is 20.8 Å². The molecule has 4 heteroatoms. The highest BCUT2D eigenvalue weighted by Crippen LogP contribution is 2.21. The Morgan fingerprint density at radius 3 is 2.46 bits per heavy atom. The molecule has 3 rings (SSSR count). The predicted molar refractivity (Wildman–Crippen MR) is 95.5 cm³/mol. The monoisotopic (exact) mass is 320 g/mol. The average molecular weight is 320 g/mol. The van der Waals surface area contributed by atoms with Crippen molar-refractivity contribution in [1.82, 2.24) is 5.06 Å². The van der Waals surface area contributed by atoms with Crippen LogP contribution in [0.25, 0.3) is 12.3 Å². The van der Waals surface area contributed by atoms with Gasteiger partial charge in [-0.3, -0.25) is 10.0 Å². The molecule has 122 valence electrons. The molecule has 1 aliphatic heterocycles. The maximum Gasteiger partial charge on any atom is 0.251 e. The lowest BCUT2D eigenvalue weighted by Gasteiger charge is -2.21. The van der Waals surface area contributed by atoms with E-state index in [1.807, 2.05) is 69.3 Å². The number of amides is 1. The minimum absolute atomic E-state index is 0.194. The summed E-state index contributed by atoms with van der Waals surface area (Å²) in [5.41, 5.74) is 1.31. The SMILES string of the molecule is CC(C)(C)C(=O)N=C1C=CC=C/C1=C1\C=c2ccccc2=CN1O. The van der Waals surface area contributed by atoms with Gasteiger partial charge in [0.1, 0.15) is 0 Å². The first kappa shape index (κ1) is 16.1. The first-order valence-corrected chi connectivity index (χ1v) is 7.85. The summed E-state index contributed by atoms with van der Waals surface area (Å²) < 4.78 is 0. The van der Waals surface area contributed by atoms with Crippen LogP contribution < -0.4 is 10.4 Å². The molecule has 0 spiro atoms. The Kier molecular flexibility index (Phi) is 4.08. The van der Waals surface area contributed by atoms with Crippen LogP contribution in [0.3, 0.4) is 0 Å². The number of fused-ring (bicyclic) bond motifs is 1. The molecule has 0 saturated carbocycles. The fraction of sp³-hybridized carbons (Fsp3) is 0.200. The third-order valence-electron chi connectivity index (χ3n) is 3.84. The van der Waals surface area contributed by atoms with E-state index in [9.17, 15) is 10.0 Å². The van der Waals surface area contributed by atoms with Crippen molar-refractivity contribution in [3.05, 3.63) is 70.3 Å². The van der Waals surface area contributed by atoms with Gasteiger partial charge in [0.15, 0.2) is 0 Å². The Morgan fingerprint density at radius 1 is 1.08 bits per heavy atom. The Hall–Kier alpha value is -2.72. The molecule has 4 nitrogen and oxygen atoms in total. The summed E-state index contributed by atoms with van der Waals surface area (Å²) in [4.78, 5) is 16.5. The van der Waals surface area contributed by atoms with Gasteiger partial charge in [0.25, 0.3) is 5.91 Å². The number of hydrogen-bond donors (Lipinski definition) is 1. The van der Waals surface area contributed by atoms with Crippen LogP contribution in [-0.4, -0.2) is 21.9 Å². The summed E-state index contributed by atoms with van der Waals surface area (Å²) >= 11 is 0. The van der Waals surface area contributed by atoms with E-state index in [-0.39, 0.29) is 5.91 Å². The van der Waals surface area contributed by atoms with Gasteiger partial charge >= 0.3 is 0 Å². The standard InChI is InChI=1S/C20H20N2O2/c1-20(2,3)19(23)21-17-11-7-6-10-16(17)18-12-14-8-4-5-9-15(14)13-22(18)24/h4-13,24H,1-3H3/b18-16-,21-17?. The van der Waals surface area contributed by atoms with Gasteiger partial charge in [0, 0.05) is 22.4 Å². The van der Waals surface area contributed by atoms with E-state index in [0.29, 0.717) is 17.0 Å². The van der Waals surface area contributed by atoms with Crippen molar-refractivity contribution < 1.29 is 10.0 Å². The molecule has 0 radical (unpaired) electrons. The zero-order valence-corrected chi connectivity index (χ0v) is 14.0. The van der Waals surface area contributed by atoms with Crippen LogP contribution in [0, 0.1) is 5.41 Å². The van der Waals surface area contributed by atoms with Crippen LogP contribution in [0.2, 0.25) is 0 Å². The van der Waals surface area contributed by atoms with Crippen molar-refractivity contribution in [3.8, 4) is 0 Å². The lowest BCUT2D eigenvalue weighted by atomic mass is 9.95. The third-order valence-corrected chi connectivity index (χ3v) is 3.84. The number of hydroxylamine groups is 2. The number of aliphatic imine (C=N–C) groups is 1. The summed E-state index contributed by atoms with van der Waals surface area (Å²) in [6, 6.07) is 7.80. The molecule has 0 saturated heterocycles. The third kappa shape index (κ3) is 3.14. The van der Waals surface area contributed by atoms with Gasteiger partial charge in [-0.2, -0.15) is 0 Å². The van der Waals surface area contributed by atoms with E-state index in [0.717, 1.165) is 15.5 Å². The highest BCUT2D eigenvalue weighted by Gasteiger charge is 2.23. The van der Waals surface area contributed by atoms with E-state index in [2.05, 4.69) is 4.99 Å². The second-order valence-corrected chi connectivity index (χ2v) is 6.82. The summed E-state index contributed by atoms with van der Waals surface area (Å²) in [5.74, 6) is -0.194. The smallest absolute Gasteiger partial charge is 0.251 e. The molecule has 0 atom stereocenters. The van der Waals surface area contributed by atoms with Gasteiger partial charge in [-0.25, -0.2) is 10.1 Å². The van der Waals surface area contributed by atoms with Crippen molar-refractivity contribution in [2.75, 3.05) is 0 Å². The summed E-state index contributed by atoms with van der Waals surface area (Å²) in [6.07, 6.45) is 10.9. The number of nitrogens with zero attached hydrogens (tertiary/aromatic N) is 2. The molecule has 0 aromatic heterocycles. The molecule has 1 aliphatic carbocycles. The first-order valence-electron chi connectivity index (χ1n) is 7.85. The summed E-state index contributed by atoms with van der Waals surface area (Å²) in [6.45, 7) is 5.51. The van der Waals surface area contributed by atoms with Crippen molar-refractivity contribution in [1.29, 1.82) is 0 Å². The topological polar surface area (TPSA) is 52.9 Å². The number of hydrogen-bond acceptors (Lipinski definition) is 3. The molecule has 0 bridgehead atoms.